The molecule has 1 heterocycles. The van der Waals surface area contributed by atoms with Crippen molar-refractivity contribution in [3.05, 3.63) is 30.5 Å². The van der Waals surface area contributed by atoms with E-state index in [1.165, 1.54) is 0 Å². The lowest BCUT2D eigenvalue weighted by Gasteiger charge is -2.09. The average Bonchev–Trinajstić information content (AvgIpc) is 2.70. The van der Waals surface area contributed by atoms with E-state index in [0.29, 0.717) is 6.54 Å². The van der Waals surface area contributed by atoms with Gasteiger partial charge in [-0.05, 0) is 31.5 Å². The molecule has 1 aromatic heterocycles. The Morgan fingerprint density at radius 3 is 2.88 bits per heavy atom. The van der Waals surface area contributed by atoms with Gasteiger partial charge in [-0.15, -0.1) is 0 Å². The molecular weight excluding hydrogens is 214 g/mol. The predicted molar refractivity (Wildman–Crippen MR) is 69.4 cm³/mol. The fraction of sp³-hybridized carbons (Fsp3) is 0.429. The molecule has 0 fully saturated rings. The Labute approximate surface area is 102 Å². The first-order valence-corrected chi connectivity index (χ1v) is 6.11. The first kappa shape index (κ1) is 12.0. The molecular formula is C14H19NO2. The Bertz CT molecular complexity index is 488. The third kappa shape index (κ3) is 2.61. The fourth-order valence-corrected chi connectivity index (χ4v) is 1.98. The highest BCUT2D eigenvalue weighted by Crippen LogP contribution is 2.26. The molecule has 1 unspecified atom stereocenters. The van der Waals surface area contributed by atoms with Gasteiger partial charge in [-0.1, -0.05) is 13.0 Å². The molecule has 0 radical (unpaired) electrons. The highest BCUT2D eigenvalue weighted by atomic mass is 16.5. The maximum Gasteiger partial charge on any atom is 0.128 e. The van der Waals surface area contributed by atoms with Crippen molar-refractivity contribution in [3.8, 4) is 5.75 Å². The predicted octanol–water partition coefficient (Wildman–Crippen LogP) is 2.81. The zero-order valence-electron chi connectivity index (χ0n) is 10.4. The van der Waals surface area contributed by atoms with Crippen LogP contribution in [0.1, 0.15) is 20.3 Å². The molecule has 0 aliphatic heterocycles. The van der Waals surface area contributed by atoms with Crippen LogP contribution in [-0.4, -0.2) is 22.4 Å². The quantitative estimate of drug-likeness (QED) is 0.861. The van der Waals surface area contributed by atoms with E-state index in [1.807, 2.05) is 24.4 Å². The van der Waals surface area contributed by atoms with Gasteiger partial charge in [0.2, 0.25) is 0 Å². The smallest absolute Gasteiger partial charge is 0.128 e. The Hall–Kier alpha value is -1.48. The molecule has 1 N–H and O–H groups in total. The van der Waals surface area contributed by atoms with Gasteiger partial charge in [-0.25, -0.2) is 0 Å². The number of benzene rings is 1. The minimum atomic E-state index is -0.342. The minimum Gasteiger partial charge on any atom is -0.493 e. The van der Waals surface area contributed by atoms with E-state index in [2.05, 4.69) is 17.6 Å². The topological polar surface area (TPSA) is 34.4 Å². The molecule has 1 atom stereocenters. The number of rotatable bonds is 5. The van der Waals surface area contributed by atoms with E-state index in [9.17, 15) is 5.11 Å². The summed E-state index contributed by atoms with van der Waals surface area (Å²) in [4.78, 5) is 0. The molecule has 0 amide bonds. The Morgan fingerprint density at radius 2 is 2.18 bits per heavy atom. The van der Waals surface area contributed by atoms with Gasteiger partial charge in [0.15, 0.2) is 0 Å². The molecule has 1 aromatic carbocycles. The van der Waals surface area contributed by atoms with Gasteiger partial charge in [-0.2, -0.15) is 0 Å². The third-order valence-corrected chi connectivity index (χ3v) is 2.70. The molecule has 0 bridgehead atoms. The molecule has 3 heteroatoms. The Kier molecular flexibility index (Phi) is 3.69. The number of aliphatic hydroxyl groups excluding tert-OH is 1. The van der Waals surface area contributed by atoms with Crippen LogP contribution in [0.25, 0.3) is 10.9 Å². The van der Waals surface area contributed by atoms with E-state index in [1.54, 1.807) is 6.92 Å². The van der Waals surface area contributed by atoms with Crippen LogP contribution in [0.4, 0.5) is 0 Å². The summed E-state index contributed by atoms with van der Waals surface area (Å²) < 4.78 is 7.77. The van der Waals surface area contributed by atoms with Crippen molar-refractivity contribution in [2.24, 2.45) is 0 Å². The summed E-state index contributed by atoms with van der Waals surface area (Å²) in [5.41, 5.74) is 1.11. The average molecular weight is 233 g/mol. The van der Waals surface area contributed by atoms with Crippen molar-refractivity contribution < 1.29 is 9.84 Å². The summed E-state index contributed by atoms with van der Waals surface area (Å²) in [6.07, 6.45) is 2.66. The monoisotopic (exact) mass is 233 g/mol. The van der Waals surface area contributed by atoms with E-state index < -0.39 is 0 Å². The normalized spacial score (nSPS) is 12.9. The molecule has 3 nitrogen and oxygen atoms in total. The van der Waals surface area contributed by atoms with Crippen LogP contribution in [-0.2, 0) is 6.54 Å². The van der Waals surface area contributed by atoms with Gasteiger partial charge in [0.05, 0.1) is 18.2 Å². The standard InChI is InChI=1S/C14H19NO2/c1-3-9-17-14-6-4-5-13-12(14)7-8-15(13)10-11(2)16/h4-8,11,16H,3,9-10H2,1-2H3. The molecule has 2 aromatic rings. The molecule has 0 saturated heterocycles. The molecule has 0 spiro atoms. The number of hydrogen-bond donors (Lipinski definition) is 1. The van der Waals surface area contributed by atoms with Crippen molar-refractivity contribution in [1.29, 1.82) is 0 Å². The summed E-state index contributed by atoms with van der Waals surface area (Å²) in [6.45, 7) is 5.24. The van der Waals surface area contributed by atoms with Crippen LogP contribution >= 0.6 is 0 Å². The second-order valence-electron chi connectivity index (χ2n) is 4.35. The zero-order chi connectivity index (χ0) is 12.3. The van der Waals surface area contributed by atoms with Crippen LogP contribution in [0.2, 0.25) is 0 Å². The zero-order valence-corrected chi connectivity index (χ0v) is 10.4. The second kappa shape index (κ2) is 5.23. The van der Waals surface area contributed by atoms with Gasteiger partial charge < -0.3 is 14.4 Å². The molecule has 92 valence electrons. The van der Waals surface area contributed by atoms with Crippen LogP contribution in [0.15, 0.2) is 30.5 Å². The fourth-order valence-electron chi connectivity index (χ4n) is 1.98. The first-order valence-electron chi connectivity index (χ1n) is 6.11. The number of aromatic nitrogens is 1. The summed E-state index contributed by atoms with van der Waals surface area (Å²) in [7, 11) is 0. The van der Waals surface area contributed by atoms with Gasteiger partial charge in [-0.3, -0.25) is 0 Å². The van der Waals surface area contributed by atoms with E-state index in [0.717, 1.165) is 29.7 Å². The summed E-state index contributed by atoms with van der Waals surface area (Å²) in [5.74, 6) is 0.925. The van der Waals surface area contributed by atoms with E-state index in [-0.39, 0.29) is 6.10 Å². The van der Waals surface area contributed by atoms with Crippen molar-refractivity contribution in [2.45, 2.75) is 32.9 Å². The molecule has 0 aliphatic rings. The van der Waals surface area contributed by atoms with Gasteiger partial charge >= 0.3 is 0 Å². The minimum absolute atomic E-state index is 0.342. The largest absolute Gasteiger partial charge is 0.493 e. The third-order valence-electron chi connectivity index (χ3n) is 2.70. The van der Waals surface area contributed by atoms with Crippen LogP contribution in [0.5, 0.6) is 5.75 Å². The SMILES string of the molecule is CCCOc1cccc2c1ccn2CC(C)O. The second-order valence-corrected chi connectivity index (χ2v) is 4.35. The van der Waals surface area contributed by atoms with Gasteiger partial charge in [0, 0.05) is 18.1 Å². The van der Waals surface area contributed by atoms with Crippen molar-refractivity contribution in [3.63, 3.8) is 0 Å². The lowest BCUT2D eigenvalue weighted by atomic mass is 10.2. The lowest BCUT2D eigenvalue weighted by molar-refractivity contribution is 0.175. The Balaban J connectivity index is 2.35. The Morgan fingerprint density at radius 1 is 1.35 bits per heavy atom. The molecule has 0 saturated carbocycles. The van der Waals surface area contributed by atoms with Gasteiger partial charge in [0.1, 0.15) is 5.75 Å². The van der Waals surface area contributed by atoms with E-state index >= 15 is 0 Å². The number of hydrogen-bond acceptors (Lipinski definition) is 2. The maximum absolute atomic E-state index is 9.44. The first-order chi connectivity index (χ1) is 8.22. The van der Waals surface area contributed by atoms with Crippen LogP contribution < -0.4 is 4.74 Å². The molecule has 0 aliphatic carbocycles. The summed E-state index contributed by atoms with van der Waals surface area (Å²) >= 11 is 0. The summed E-state index contributed by atoms with van der Waals surface area (Å²) in [6, 6.07) is 8.08. The number of nitrogens with zero attached hydrogens (tertiary/aromatic N) is 1. The number of fused-ring (bicyclic) bond motifs is 1. The lowest BCUT2D eigenvalue weighted by Crippen LogP contribution is -2.10. The van der Waals surface area contributed by atoms with Gasteiger partial charge in [0.25, 0.3) is 0 Å². The number of aliphatic hydroxyl groups is 1. The van der Waals surface area contributed by atoms with Crippen LogP contribution in [0, 0.1) is 0 Å². The van der Waals surface area contributed by atoms with Crippen molar-refractivity contribution in [1.82, 2.24) is 4.57 Å². The highest BCUT2D eigenvalue weighted by Gasteiger charge is 2.07. The molecule has 17 heavy (non-hydrogen) atoms. The number of ether oxygens (including phenoxy) is 1. The maximum atomic E-state index is 9.44. The summed E-state index contributed by atoms with van der Waals surface area (Å²) in [5, 5.41) is 10.6. The van der Waals surface area contributed by atoms with Crippen molar-refractivity contribution in [2.75, 3.05) is 6.61 Å². The van der Waals surface area contributed by atoms with Crippen molar-refractivity contribution >= 4 is 10.9 Å². The van der Waals surface area contributed by atoms with E-state index in [4.69, 9.17) is 4.74 Å². The highest BCUT2D eigenvalue weighted by molar-refractivity contribution is 5.86. The molecule has 2 rings (SSSR count). The van der Waals surface area contributed by atoms with Crippen LogP contribution in [0.3, 0.4) is 0 Å².